The zero-order valence-electron chi connectivity index (χ0n) is 14.5. The van der Waals surface area contributed by atoms with Gasteiger partial charge in [-0.1, -0.05) is 0 Å². The molecule has 4 rings (SSSR count). The fourth-order valence-electron chi connectivity index (χ4n) is 3.93. The summed E-state index contributed by atoms with van der Waals surface area (Å²) in [5.41, 5.74) is 1.72. The summed E-state index contributed by atoms with van der Waals surface area (Å²) in [5.74, 6) is 0.446. The molecule has 132 valence electrons. The lowest BCUT2D eigenvalue weighted by Gasteiger charge is -2.33. The van der Waals surface area contributed by atoms with Gasteiger partial charge in [-0.25, -0.2) is 4.79 Å². The number of fused-ring (bicyclic) bond motifs is 6. The molecule has 2 heterocycles. The predicted molar refractivity (Wildman–Crippen MR) is 93.1 cm³/mol. The Bertz CT molecular complexity index is 918. The molecule has 7 heteroatoms. The van der Waals surface area contributed by atoms with Gasteiger partial charge in [0.1, 0.15) is 5.60 Å². The zero-order valence-corrected chi connectivity index (χ0v) is 14.5. The first-order valence-electron chi connectivity index (χ1n) is 8.49. The average molecular weight is 343 g/mol. The van der Waals surface area contributed by atoms with Gasteiger partial charge in [0.25, 0.3) is 0 Å². The Labute approximate surface area is 144 Å². The number of aromatic amines is 2. The van der Waals surface area contributed by atoms with Crippen molar-refractivity contribution in [2.24, 2.45) is 0 Å². The van der Waals surface area contributed by atoms with Gasteiger partial charge in [-0.05, 0) is 50.5 Å². The van der Waals surface area contributed by atoms with Crippen molar-refractivity contribution in [1.82, 2.24) is 14.9 Å². The van der Waals surface area contributed by atoms with Gasteiger partial charge in [-0.3, -0.25) is 9.59 Å². The highest BCUT2D eigenvalue weighted by molar-refractivity contribution is 5.77. The normalized spacial score (nSPS) is 22.1. The predicted octanol–water partition coefficient (Wildman–Crippen LogP) is 2.04. The Kier molecular flexibility index (Phi) is 3.32. The number of hydrogen-bond acceptors (Lipinski definition) is 4. The van der Waals surface area contributed by atoms with E-state index in [1.165, 1.54) is 0 Å². The second-order valence-electron chi connectivity index (χ2n) is 7.95. The summed E-state index contributed by atoms with van der Waals surface area (Å²) in [4.78, 5) is 42.6. The lowest BCUT2D eigenvalue weighted by molar-refractivity contribution is 0.0193. The number of benzene rings is 1. The molecule has 1 fully saturated rings. The van der Waals surface area contributed by atoms with E-state index < -0.39 is 16.7 Å². The van der Waals surface area contributed by atoms with Crippen LogP contribution in [-0.2, 0) is 4.74 Å². The van der Waals surface area contributed by atoms with Crippen LogP contribution in [0.4, 0.5) is 4.79 Å². The Morgan fingerprint density at radius 3 is 1.96 bits per heavy atom. The minimum absolute atomic E-state index is 0.223. The molecule has 2 aliphatic rings. The van der Waals surface area contributed by atoms with Gasteiger partial charge in [-0.2, -0.15) is 0 Å². The molecule has 7 nitrogen and oxygen atoms in total. The first kappa shape index (κ1) is 15.9. The van der Waals surface area contributed by atoms with Crippen LogP contribution in [0.2, 0.25) is 0 Å². The molecule has 25 heavy (non-hydrogen) atoms. The Morgan fingerprint density at radius 2 is 1.52 bits per heavy atom. The third-order valence-electron chi connectivity index (χ3n) is 4.91. The maximum absolute atomic E-state index is 12.4. The molecule has 2 N–H and O–H groups in total. The molecule has 1 aliphatic carbocycles. The number of nitrogens with zero attached hydrogens (tertiary/aromatic N) is 1. The molecule has 1 aromatic heterocycles. The van der Waals surface area contributed by atoms with Crippen molar-refractivity contribution in [2.75, 3.05) is 13.1 Å². The van der Waals surface area contributed by atoms with Gasteiger partial charge in [-0.15, -0.1) is 0 Å². The Balaban J connectivity index is 1.69. The standard InChI is InChI=1S/C18H21N3O4/c1-18(2,3)25-17(24)21-7-9-4-10(8-21)12-6-14-13(5-11(9)12)19-15(22)16(23)20-14/h5-6,9-10H,4,7-8H2,1-3H3,(H,19,22)(H,20,23). The maximum atomic E-state index is 12.4. The van der Waals surface area contributed by atoms with E-state index in [4.69, 9.17) is 4.74 Å². The Morgan fingerprint density at radius 1 is 1.04 bits per heavy atom. The van der Waals surface area contributed by atoms with E-state index in [0.717, 1.165) is 17.5 Å². The van der Waals surface area contributed by atoms with Crippen LogP contribution in [0.5, 0.6) is 0 Å². The fourth-order valence-corrected chi connectivity index (χ4v) is 3.93. The van der Waals surface area contributed by atoms with Crippen LogP contribution >= 0.6 is 0 Å². The van der Waals surface area contributed by atoms with Crippen molar-refractivity contribution >= 4 is 17.1 Å². The SMILES string of the molecule is CC(C)(C)OC(=O)N1CC2CC(C1)c1cc3[nH]c(=O)c(=O)[nH]c3cc12. The zero-order chi connectivity index (χ0) is 17.9. The van der Waals surface area contributed by atoms with Crippen molar-refractivity contribution in [2.45, 2.75) is 44.6 Å². The topological polar surface area (TPSA) is 95.3 Å². The van der Waals surface area contributed by atoms with Crippen LogP contribution in [0.3, 0.4) is 0 Å². The summed E-state index contributed by atoms with van der Waals surface area (Å²) in [5, 5.41) is 0. The van der Waals surface area contributed by atoms with E-state index >= 15 is 0 Å². The number of rotatable bonds is 0. The second kappa shape index (κ2) is 5.21. The van der Waals surface area contributed by atoms with E-state index in [-0.39, 0.29) is 17.9 Å². The number of nitrogens with one attached hydrogen (secondary N) is 2. The largest absolute Gasteiger partial charge is 0.444 e. The molecule has 2 atom stereocenters. The number of carbonyl (C=O) groups excluding carboxylic acids is 1. The first-order chi connectivity index (χ1) is 11.7. The third kappa shape index (κ3) is 2.73. The monoisotopic (exact) mass is 343 g/mol. The number of likely N-dealkylation sites (tertiary alicyclic amines) is 1. The number of ether oxygens (including phenoxy) is 1. The van der Waals surface area contributed by atoms with Crippen LogP contribution in [0.25, 0.3) is 11.0 Å². The number of aromatic nitrogens is 2. The molecular formula is C18H21N3O4. The summed E-state index contributed by atoms with van der Waals surface area (Å²) >= 11 is 0. The minimum Gasteiger partial charge on any atom is -0.444 e. The lowest BCUT2D eigenvalue weighted by Crippen LogP contribution is -2.42. The van der Waals surface area contributed by atoms with Crippen LogP contribution in [0, 0.1) is 0 Å². The van der Waals surface area contributed by atoms with E-state index in [1.54, 1.807) is 4.90 Å². The van der Waals surface area contributed by atoms with Gasteiger partial charge in [0.15, 0.2) is 0 Å². The fraction of sp³-hybridized carbons (Fsp3) is 0.500. The average Bonchev–Trinajstić information content (AvgIpc) is 2.75. The molecule has 1 aromatic carbocycles. The van der Waals surface area contributed by atoms with Gasteiger partial charge < -0.3 is 19.6 Å². The minimum atomic E-state index is -0.649. The maximum Gasteiger partial charge on any atom is 0.410 e. The molecule has 2 aromatic rings. The van der Waals surface area contributed by atoms with E-state index in [0.29, 0.717) is 24.1 Å². The summed E-state index contributed by atoms with van der Waals surface area (Å²) in [6.07, 6.45) is 0.681. The number of hydrogen-bond donors (Lipinski definition) is 2. The number of carbonyl (C=O) groups is 1. The second-order valence-corrected chi connectivity index (χ2v) is 7.95. The van der Waals surface area contributed by atoms with E-state index in [1.807, 2.05) is 32.9 Å². The number of H-pyrrole nitrogens is 2. The molecule has 0 spiro atoms. The van der Waals surface area contributed by atoms with Crippen LogP contribution in [-0.4, -0.2) is 39.7 Å². The van der Waals surface area contributed by atoms with Gasteiger partial charge in [0, 0.05) is 24.9 Å². The first-order valence-corrected chi connectivity index (χ1v) is 8.49. The van der Waals surface area contributed by atoms with Crippen LogP contribution < -0.4 is 11.1 Å². The van der Waals surface area contributed by atoms with Crippen LogP contribution in [0.1, 0.15) is 50.2 Å². The smallest absolute Gasteiger partial charge is 0.410 e. The van der Waals surface area contributed by atoms with Crippen molar-refractivity contribution < 1.29 is 9.53 Å². The van der Waals surface area contributed by atoms with Crippen molar-refractivity contribution in [3.05, 3.63) is 44.0 Å². The lowest BCUT2D eigenvalue weighted by atomic mass is 9.96. The van der Waals surface area contributed by atoms with Gasteiger partial charge >= 0.3 is 17.2 Å². The van der Waals surface area contributed by atoms with Crippen LogP contribution in [0.15, 0.2) is 21.7 Å². The highest BCUT2D eigenvalue weighted by Crippen LogP contribution is 2.46. The van der Waals surface area contributed by atoms with Crippen molar-refractivity contribution in [3.8, 4) is 0 Å². The highest BCUT2D eigenvalue weighted by Gasteiger charge is 2.40. The molecule has 2 unspecified atom stereocenters. The quantitative estimate of drug-likeness (QED) is 0.716. The summed E-state index contributed by atoms with van der Waals surface area (Å²) in [6.45, 7) is 6.79. The molecule has 1 amide bonds. The highest BCUT2D eigenvalue weighted by atomic mass is 16.6. The van der Waals surface area contributed by atoms with E-state index in [9.17, 15) is 14.4 Å². The number of piperidine rings is 1. The molecule has 2 bridgehead atoms. The van der Waals surface area contributed by atoms with Crippen molar-refractivity contribution in [3.63, 3.8) is 0 Å². The number of amides is 1. The van der Waals surface area contributed by atoms with Crippen molar-refractivity contribution in [1.29, 1.82) is 0 Å². The summed E-state index contributed by atoms with van der Waals surface area (Å²) in [6, 6.07) is 3.87. The third-order valence-corrected chi connectivity index (χ3v) is 4.91. The molecular weight excluding hydrogens is 322 g/mol. The molecule has 0 saturated carbocycles. The summed E-state index contributed by atoms with van der Waals surface area (Å²) in [7, 11) is 0. The van der Waals surface area contributed by atoms with E-state index in [2.05, 4.69) is 9.97 Å². The molecule has 1 aliphatic heterocycles. The van der Waals surface area contributed by atoms with Gasteiger partial charge in [0.2, 0.25) is 0 Å². The Hall–Kier alpha value is -2.57. The summed E-state index contributed by atoms with van der Waals surface area (Å²) < 4.78 is 5.50. The van der Waals surface area contributed by atoms with Gasteiger partial charge in [0.05, 0.1) is 11.0 Å². The molecule has 1 saturated heterocycles. The molecule has 0 radical (unpaired) electrons.